The predicted octanol–water partition coefficient (Wildman–Crippen LogP) is 3.00. The van der Waals surface area contributed by atoms with Crippen LogP contribution in [0.25, 0.3) is 0 Å². The number of piperidine rings is 1. The lowest BCUT2D eigenvalue weighted by molar-refractivity contribution is -0.134. The smallest absolute Gasteiger partial charge is 0.239 e. The van der Waals surface area contributed by atoms with Crippen molar-refractivity contribution in [3.05, 3.63) is 35.9 Å². The van der Waals surface area contributed by atoms with Crippen molar-refractivity contribution in [2.24, 2.45) is 0 Å². The van der Waals surface area contributed by atoms with Crippen LogP contribution < -0.4 is 5.32 Å². The first-order chi connectivity index (χ1) is 10.2. The van der Waals surface area contributed by atoms with Crippen LogP contribution in [0.2, 0.25) is 0 Å². The maximum absolute atomic E-state index is 12.4. The van der Waals surface area contributed by atoms with E-state index >= 15 is 0 Å². The Balaban J connectivity index is 1.73. The zero-order valence-electron chi connectivity index (χ0n) is 13.3. The number of nitrogens with one attached hydrogen (secondary N) is 1. The SMILES string of the molecule is CC(CCc1ccccc1)NC(C)C(=O)N1CCCCC1. The summed E-state index contributed by atoms with van der Waals surface area (Å²) in [7, 11) is 0. The Bertz CT molecular complexity index is 426. The number of amides is 1. The van der Waals surface area contributed by atoms with Crippen LogP contribution in [0, 0.1) is 0 Å². The van der Waals surface area contributed by atoms with E-state index in [0.717, 1.165) is 38.8 Å². The zero-order chi connectivity index (χ0) is 15.1. The topological polar surface area (TPSA) is 32.3 Å². The summed E-state index contributed by atoms with van der Waals surface area (Å²) in [5, 5.41) is 3.46. The molecule has 1 heterocycles. The van der Waals surface area contributed by atoms with Gasteiger partial charge in [-0.2, -0.15) is 0 Å². The van der Waals surface area contributed by atoms with Crippen LogP contribution in [0.1, 0.15) is 45.1 Å². The molecule has 0 radical (unpaired) electrons. The third-order valence-electron chi connectivity index (χ3n) is 4.28. The van der Waals surface area contributed by atoms with E-state index in [9.17, 15) is 4.79 Å². The first-order valence-corrected chi connectivity index (χ1v) is 8.25. The summed E-state index contributed by atoms with van der Waals surface area (Å²) < 4.78 is 0. The molecule has 116 valence electrons. The molecule has 3 heteroatoms. The highest BCUT2D eigenvalue weighted by Crippen LogP contribution is 2.11. The Morgan fingerprint density at radius 1 is 1.14 bits per heavy atom. The van der Waals surface area contributed by atoms with Crippen molar-refractivity contribution >= 4 is 5.91 Å². The van der Waals surface area contributed by atoms with Crippen LogP contribution in [0.15, 0.2) is 30.3 Å². The third kappa shape index (κ3) is 5.16. The number of hydrogen-bond donors (Lipinski definition) is 1. The molecule has 0 saturated carbocycles. The highest BCUT2D eigenvalue weighted by molar-refractivity contribution is 5.81. The van der Waals surface area contributed by atoms with Crippen molar-refractivity contribution < 1.29 is 4.79 Å². The van der Waals surface area contributed by atoms with E-state index in [1.54, 1.807) is 0 Å². The number of hydrogen-bond acceptors (Lipinski definition) is 2. The predicted molar refractivity (Wildman–Crippen MR) is 87.3 cm³/mol. The van der Waals surface area contributed by atoms with Gasteiger partial charge in [0, 0.05) is 19.1 Å². The van der Waals surface area contributed by atoms with Crippen molar-refractivity contribution in [3.8, 4) is 0 Å². The maximum Gasteiger partial charge on any atom is 0.239 e. The Kier molecular flexibility index (Phi) is 6.24. The fourth-order valence-electron chi connectivity index (χ4n) is 3.00. The molecule has 0 aromatic heterocycles. The fourth-order valence-corrected chi connectivity index (χ4v) is 3.00. The molecule has 0 bridgehead atoms. The summed E-state index contributed by atoms with van der Waals surface area (Å²) in [5.74, 6) is 0.265. The molecule has 1 saturated heterocycles. The zero-order valence-corrected chi connectivity index (χ0v) is 13.3. The molecule has 21 heavy (non-hydrogen) atoms. The molecule has 1 fully saturated rings. The number of carbonyl (C=O) groups excluding carboxylic acids is 1. The van der Waals surface area contributed by atoms with Gasteiger partial charge in [0.05, 0.1) is 6.04 Å². The van der Waals surface area contributed by atoms with Crippen molar-refractivity contribution in [2.75, 3.05) is 13.1 Å². The molecule has 1 aromatic carbocycles. The van der Waals surface area contributed by atoms with Gasteiger partial charge < -0.3 is 10.2 Å². The lowest BCUT2D eigenvalue weighted by Gasteiger charge is -2.30. The average Bonchev–Trinajstić information content (AvgIpc) is 2.54. The molecular weight excluding hydrogens is 260 g/mol. The monoisotopic (exact) mass is 288 g/mol. The van der Waals surface area contributed by atoms with E-state index in [1.807, 2.05) is 17.9 Å². The van der Waals surface area contributed by atoms with E-state index in [4.69, 9.17) is 0 Å². The highest BCUT2D eigenvalue weighted by atomic mass is 16.2. The van der Waals surface area contributed by atoms with Crippen molar-refractivity contribution in [3.63, 3.8) is 0 Å². The molecule has 1 amide bonds. The van der Waals surface area contributed by atoms with Gasteiger partial charge in [0.2, 0.25) is 5.91 Å². The Morgan fingerprint density at radius 2 is 1.81 bits per heavy atom. The number of likely N-dealkylation sites (tertiary alicyclic amines) is 1. The number of nitrogens with zero attached hydrogens (tertiary/aromatic N) is 1. The number of carbonyl (C=O) groups is 1. The summed E-state index contributed by atoms with van der Waals surface area (Å²) in [4.78, 5) is 14.4. The molecular formula is C18H28N2O. The van der Waals surface area contributed by atoms with Gasteiger partial charge in [-0.15, -0.1) is 0 Å². The van der Waals surface area contributed by atoms with Gasteiger partial charge in [0.15, 0.2) is 0 Å². The number of aryl methyl sites for hydroxylation is 1. The second-order valence-electron chi connectivity index (χ2n) is 6.20. The summed E-state index contributed by atoms with van der Waals surface area (Å²) in [6.45, 7) is 6.03. The van der Waals surface area contributed by atoms with Gasteiger partial charge in [-0.3, -0.25) is 4.79 Å². The minimum atomic E-state index is -0.0751. The highest BCUT2D eigenvalue weighted by Gasteiger charge is 2.22. The Hall–Kier alpha value is -1.35. The Morgan fingerprint density at radius 3 is 2.48 bits per heavy atom. The van der Waals surface area contributed by atoms with Crippen LogP contribution in [0.4, 0.5) is 0 Å². The van der Waals surface area contributed by atoms with Crippen molar-refractivity contribution in [1.29, 1.82) is 0 Å². The van der Waals surface area contributed by atoms with E-state index < -0.39 is 0 Å². The molecule has 2 atom stereocenters. The van der Waals surface area contributed by atoms with Crippen LogP contribution >= 0.6 is 0 Å². The standard InChI is InChI=1S/C18H28N2O/c1-15(11-12-17-9-5-3-6-10-17)19-16(2)18(21)20-13-7-4-8-14-20/h3,5-6,9-10,15-16,19H,4,7-8,11-14H2,1-2H3. The van der Waals surface area contributed by atoms with Gasteiger partial charge in [-0.25, -0.2) is 0 Å². The van der Waals surface area contributed by atoms with Gasteiger partial charge in [-0.05, 0) is 51.5 Å². The van der Waals surface area contributed by atoms with E-state index in [1.165, 1.54) is 12.0 Å². The number of benzene rings is 1. The molecule has 0 aliphatic carbocycles. The van der Waals surface area contributed by atoms with Gasteiger partial charge in [0.25, 0.3) is 0 Å². The first kappa shape index (κ1) is 16.0. The van der Waals surface area contributed by atoms with Crippen LogP contribution in [0.5, 0.6) is 0 Å². The quantitative estimate of drug-likeness (QED) is 0.873. The van der Waals surface area contributed by atoms with Crippen LogP contribution in [0.3, 0.4) is 0 Å². The third-order valence-corrected chi connectivity index (χ3v) is 4.28. The van der Waals surface area contributed by atoms with E-state index in [2.05, 4.69) is 36.5 Å². The van der Waals surface area contributed by atoms with Crippen molar-refractivity contribution in [2.45, 2.75) is 58.0 Å². The Labute approximate surface area is 128 Å². The summed E-state index contributed by atoms with van der Waals surface area (Å²) in [6.07, 6.45) is 5.68. The normalized spacial score (nSPS) is 18.3. The maximum atomic E-state index is 12.4. The van der Waals surface area contributed by atoms with Crippen molar-refractivity contribution in [1.82, 2.24) is 10.2 Å². The molecule has 1 aliphatic heterocycles. The van der Waals surface area contributed by atoms with Gasteiger partial charge in [0.1, 0.15) is 0 Å². The molecule has 0 spiro atoms. The van der Waals surface area contributed by atoms with Gasteiger partial charge in [-0.1, -0.05) is 30.3 Å². The fraction of sp³-hybridized carbons (Fsp3) is 0.611. The van der Waals surface area contributed by atoms with E-state index in [-0.39, 0.29) is 11.9 Å². The average molecular weight is 288 g/mol. The summed E-state index contributed by atoms with van der Waals surface area (Å²) >= 11 is 0. The van der Waals surface area contributed by atoms with E-state index in [0.29, 0.717) is 6.04 Å². The lowest BCUT2D eigenvalue weighted by atomic mass is 10.1. The summed E-state index contributed by atoms with van der Waals surface area (Å²) in [6, 6.07) is 10.8. The molecule has 1 N–H and O–H groups in total. The second kappa shape index (κ2) is 8.18. The number of rotatable bonds is 6. The van der Waals surface area contributed by atoms with Crippen LogP contribution in [-0.4, -0.2) is 36.0 Å². The molecule has 1 aliphatic rings. The van der Waals surface area contributed by atoms with Gasteiger partial charge >= 0.3 is 0 Å². The minimum Gasteiger partial charge on any atom is -0.341 e. The molecule has 1 aromatic rings. The largest absolute Gasteiger partial charge is 0.341 e. The lowest BCUT2D eigenvalue weighted by Crippen LogP contribution is -2.49. The minimum absolute atomic E-state index is 0.0751. The summed E-state index contributed by atoms with van der Waals surface area (Å²) in [5.41, 5.74) is 1.36. The molecule has 2 rings (SSSR count). The van der Waals surface area contributed by atoms with Crippen LogP contribution in [-0.2, 0) is 11.2 Å². The molecule has 2 unspecified atom stereocenters. The first-order valence-electron chi connectivity index (χ1n) is 8.25. The second-order valence-corrected chi connectivity index (χ2v) is 6.20. The molecule has 3 nitrogen and oxygen atoms in total.